The Balaban J connectivity index is 1.99. The number of aliphatic hydroxyl groups excluding tert-OH is 1. The molecule has 0 aliphatic carbocycles. The smallest absolute Gasteiger partial charge is 0.0570 e. The van der Waals surface area contributed by atoms with Crippen LogP contribution in [0.4, 0.5) is 0 Å². The van der Waals surface area contributed by atoms with Crippen LogP contribution in [0.25, 0.3) is 0 Å². The van der Waals surface area contributed by atoms with Crippen LogP contribution in [0, 0.1) is 5.92 Å². The van der Waals surface area contributed by atoms with Crippen molar-refractivity contribution in [3.05, 3.63) is 0 Å². The lowest BCUT2D eigenvalue weighted by Crippen LogP contribution is -2.27. The number of rotatable bonds is 7. The zero-order chi connectivity index (χ0) is 10.9. The van der Waals surface area contributed by atoms with Crippen LogP contribution < -0.4 is 0 Å². The SMILES string of the molecule is CCCCCCCC(O)C1CCOCC1. The fourth-order valence-corrected chi connectivity index (χ4v) is 2.29. The van der Waals surface area contributed by atoms with Crippen molar-refractivity contribution in [3.63, 3.8) is 0 Å². The first kappa shape index (κ1) is 13.0. The summed E-state index contributed by atoms with van der Waals surface area (Å²) in [7, 11) is 0. The van der Waals surface area contributed by atoms with E-state index in [-0.39, 0.29) is 6.10 Å². The third-order valence-corrected chi connectivity index (χ3v) is 3.41. The summed E-state index contributed by atoms with van der Waals surface area (Å²) in [5.41, 5.74) is 0. The van der Waals surface area contributed by atoms with E-state index in [1.807, 2.05) is 0 Å². The van der Waals surface area contributed by atoms with E-state index >= 15 is 0 Å². The van der Waals surface area contributed by atoms with Crippen molar-refractivity contribution in [2.45, 2.75) is 64.4 Å². The molecule has 0 spiro atoms. The predicted octanol–water partition coefficient (Wildman–Crippen LogP) is 3.13. The van der Waals surface area contributed by atoms with Crippen LogP contribution in [-0.2, 0) is 4.74 Å². The lowest BCUT2D eigenvalue weighted by Gasteiger charge is -2.26. The second kappa shape index (κ2) is 8.12. The lowest BCUT2D eigenvalue weighted by atomic mass is 9.90. The molecule has 1 saturated heterocycles. The molecule has 15 heavy (non-hydrogen) atoms. The van der Waals surface area contributed by atoms with Gasteiger partial charge in [0.1, 0.15) is 0 Å². The monoisotopic (exact) mass is 214 g/mol. The van der Waals surface area contributed by atoms with Crippen LogP contribution in [0.5, 0.6) is 0 Å². The average Bonchev–Trinajstić information content (AvgIpc) is 2.30. The molecule has 1 rings (SSSR count). The third-order valence-electron chi connectivity index (χ3n) is 3.41. The normalized spacial score (nSPS) is 20.4. The van der Waals surface area contributed by atoms with E-state index in [9.17, 15) is 5.11 Å². The van der Waals surface area contributed by atoms with Crippen LogP contribution in [0.2, 0.25) is 0 Å². The van der Waals surface area contributed by atoms with E-state index in [0.29, 0.717) is 5.92 Å². The fraction of sp³-hybridized carbons (Fsp3) is 1.00. The molecule has 0 aromatic rings. The number of unbranched alkanes of at least 4 members (excludes halogenated alkanes) is 4. The molecule has 0 bridgehead atoms. The molecule has 1 aliphatic rings. The topological polar surface area (TPSA) is 29.5 Å². The Kier molecular flexibility index (Phi) is 7.03. The van der Waals surface area contributed by atoms with E-state index in [0.717, 1.165) is 32.5 Å². The standard InChI is InChI=1S/C13H26O2/c1-2-3-4-5-6-7-13(14)12-8-10-15-11-9-12/h12-14H,2-11H2,1H3. The number of hydrogen-bond acceptors (Lipinski definition) is 2. The Morgan fingerprint density at radius 1 is 1.13 bits per heavy atom. The second-order valence-electron chi connectivity index (χ2n) is 4.72. The van der Waals surface area contributed by atoms with E-state index in [1.165, 1.54) is 32.1 Å². The third kappa shape index (κ3) is 5.53. The molecule has 1 N–H and O–H groups in total. The highest BCUT2D eigenvalue weighted by atomic mass is 16.5. The summed E-state index contributed by atoms with van der Waals surface area (Å²) in [6, 6.07) is 0. The van der Waals surface area contributed by atoms with Crippen molar-refractivity contribution < 1.29 is 9.84 Å². The molecule has 1 unspecified atom stereocenters. The first-order valence-corrected chi connectivity index (χ1v) is 6.60. The van der Waals surface area contributed by atoms with Gasteiger partial charge in [0.05, 0.1) is 6.10 Å². The summed E-state index contributed by atoms with van der Waals surface area (Å²) in [5, 5.41) is 9.97. The van der Waals surface area contributed by atoms with Crippen LogP contribution in [-0.4, -0.2) is 24.4 Å². The summed E-state index contributed by atoms with van der Waals surface area (Å²) in [5.74, 6) is 0.505. The largest absolute Gasteiger partial charge is 0.393 e. The Hall–Kier alpha value is -0.0800. The van der Waals surface area contributed by atoms with Crippen LogP contribution in [0.3, 0.4) is 0 Å². The first-order valence-electron chi connectivity index (χ1n) is 6.60. The summed E-state index contributed by atoms with van der Waals surface area (Å²) in [6.07, 6.45) is 9.47. The average molecular weight is 214 g/mol. The second-order valence-corrected chi connectivity index (χ2v) is 4.72. The van der Waals surface area contributed by atoms with Crippen LogP contribution in [0.1, 0.15) is 58.3 Å². The first-order chi connectivity index (χ1) is 7.34. The molecular weight excluding hydrogens is 188 g/mol. The maximum atomic E-state index is 9.97. The summed E-state index contributed by atoms with van der Waals surface area (Å²) in [6.45, 7) is 3.92. The van der Waals surface area contributed by atoms with Crippen molar-refractivity contribution in [1.82, 2.24) is 0 Å². The van der Waals surface area contributed by atoms with E-state index in [2.05, 4.69) is 6.92 Å². The highest BCUT2D eigenvalue weighted by Gasteiger charge is 2.21. The highest BCUT2D eigenvalue weighted by Crippen LogP contribution is 2.22. The minimum Gasteiger partial charge on any atom is -0.393 e. The van der Waals surface area contributed by atoms with Crippen molar-refractivity contribution in [1.29, 1.82) is 0 Å². The van der Waals surface area contributed by atoms with Crippen LogP contribution >= 0.6 is 0 Å². The van der Waals surface area contributed by atoms with E-state index < -0.39 is 0 Å². The lowest BCUT2D eigenvalue weighted by molar-refractivity contribution is 0.00409. The molecule has 0 aromatic carbocycles. The summed E-state index contributed by atoms with van der Waals surface area (Å²) >= 11 is 0. The minimum atomic E-state index is -0.0736. The van der Waals surface area contributed by atoms with E-state index in [4.69, 9.17) is 4.74 Å². The van der Waals surface area contributed by atoms with Crippen LogP contribution in [0.15, 0.2) is 0 Å². The molecule has 0 amide bonds. The van der Waals surface area contributed by atoms with Gasteiger partial charge in [-0.2, -0.15) is 0 Å². The molecule has 0 aromatic heterocycles. The number of aliphatic hydroxyl groups is 1. The zero-order valence-corrected chi connectivity index (χ0v) is 10.1. The molecule has 1 atom stereocenters. The zero-order valence-electron chi connectivity index (χ0n) is 10.1. The minimum absolute atomic E-state index is 0.0736. The molecule has 1 heterocycles. The molecule has 2 heteroatoms. The van der Waals surface area contributed by atoms with Gasteiger partial charge in [-0.3, -0.25) is 0 Å². The highest BCUT2D eigenvalue weighted by molar-refractivity contribution is 4.71. The Morgan fingerprint density at radius 3 is 2.47 bits per heavy atom. The molecule has 0 radical (unpaired) electrons. The van der Waals surface area contributed by atoms with Gasteiger partial charge in [0, 0.05) is 13.2 Å². The van der Waals surface area contributed by atoms with Gasteiger partial charge in [-0.05, 0) is 25.2 Å². The van der Waals surface area contributed by atoms with Gasteiger partial charge in [0.15, 0.2) is 0 Å². The van der Waals surface area contributed by atoms with Gasteiger partial charge < -0.3 is 9.84 Å². The molecule has 2 nitrogen and oxygen atoms in total. The predicted molar refractivity (Wildman–Crippen MR) is 62.9 cm³/mol. The number of ether oxygens (including phenoxy) is 1. The van der Waals surface area contributed by atoms with Crippen molar-refractivity contribution in [3.8, 4) is 0 Å². The van der Waals surface area contributed by atoms with Gasteiger partial charge >= 0.3 is 0 Å². The fourth-order valence-electron chi connectivity index (χ4n) is 2.29. The molecular formula is C13H26O2. The van der Waals surface area contributed by atoms with Gasteiger partial charge in [-0.1, -0.05) is 39.0 Å². The quantitative estimate of drug-likeness (QED) is 0.660. The molecule has 90 valence electrons. The maximum absolute atomic E-state index is 9.97. The Bertz CT molecular complexity index is 141. The van der Waals surface area contributed by atoms with Crippen molar-refractivity contribution in [2.24, 2.45) is 5.92 Å². The van der Waals surface area contributed by atoms with Crippen molar-refractivity contribution in [2.75, 3.05) is 13.2 Å². The Morgan fingerprint density at radius 2 is 1.80 bits per heavy atom. The summed E-state index contributed by atoms with van der Waals surface area (Å²) < 4.78 is 5.30. The Labute approximate surface area is 94.0 Å². The van der Waals surface area contributed by atoms with Crippen molar-refractivity contribution >= 4 is 0 Å². The maximum Gasteiger partial charge on any atom is 0.0570 e. The van der Waals surface area contributed by atoms with E-state index in [1.54, 1.807) is 0 Å². The van der Waals surface area contributed by atoms with Gasteiger partial charge in [-0.15, -0.1) is 0 Å². The van der Waals surface area contributed by atoms with Gasteiger partial charge in [-0.25, -0.2) is 0 Å². The van der Waals surface area contributed by atoms with Gasteiger partial charge in [0.2, 0.25) is 0 Å². The van der Waals surface area contributed by atoms with Gasteiger partial charge in [0.25, 0.3) is 0 Å². The number of hydrogen-bond donors (Lipinski definition) is 1. The molecule has 1 fully saturated rings. The molecule has 1 aliphatic heterocycles. The summed E-state index contributed by atoms with van der Waals surface area (Å²) in [4.78, 5) is 0. The molecule has 0 saturated carbocycles.